The number of aromatic nitrogens is 3. The fourth-order valence-corrected chi connectivity index (χ4v) is 7.42. The highest BCUT2D eigenvalue weighted by Gasteiger charge is 2.36. The molecule has 0 spiro atoms. The van der Waals surface area contributed by atoms with E-state index in [0.717, 1.165) is 6.07 Å². The summed E-state index contributed by atoms with van der Waals surface area (Å²) in [5.74, 6) is -1.65. The molecule has 0 bridgehead atoms. The molecule has 1 aliphatic rings. The Hall–Kier alpha value is -5.21. The molecule has 1 heterocycles. The number of hydrogen-bond acceptors (Lipinski definition) is 14. The quantitative estimate of drug-likeness (QED) is 0.0652. The Balaban J connectivity index is 1.70. The maximum atomic E-state index is 13.5. The number of fused-ring (bicyclic) bond motifs is 2. The minimum absolute atomic E-state index is 0.0139. The van der Waals surface area contributed by atoms with Gasteiger partial charge in [-0.1, -0.05) is 24.3 Å². The van der Waals surface area contributed by atoms with Gasteiger partial charge in [-0.3, -0.25) is 23.7 Å². The van der Waals surface area contributed by atoms with Crippen molar-refractivity contribution < 1.29 is 45.0 Å². The van der Waals surface area contributed by atoms with Gasteiger partial charge in [-0.05, 0) is 50.5 Å². The highest BCUT2D eigenvalue weighted by molar-refractivity contribution is 7.86. The average Bonchev–Trinajstić information content (AvgIpc) is 3.00. The first kappa shape index (κ1) is 35.1. The van der Waals surface area contributed by atoms with Crippen LogP contribution in [0.15, 0.2) is 44.9 Å². The summed E-state index contributed by atoms with van der Waals surface area (Å²) >= 11 is 0. The van der Waals surface area contributed by atoms with Crippen LogP contribution in [-0.2, 0) is 25.0 Å². The predicted molar refractivity (Wildman–Crippen MR) is 176 cm³/mol. The van der Waals surface area contributed by atoms with Crippen molar-refractivity contribution in [1.82, 2.24) is 15.0 Å². The van der Waals surface area contributed by atoms with Crippen LogP contribution in [0.2, 0.25) is 0 Å². The van der Waals surface area contributed by atoms with Crippen molar-refractivity contribution in [2.24, 2.45) is 0 Å². The standard InChI is InChI=1S/C30H30N6O11S2/c1-5-46-10-11-47-30-35-28(34-29(39)36-30)33-23-13(2)22(14(3)26(15(23)4)48(40,41)42)32-19-12-18-20(21(31)27(19)49(43,44)45)25(38)17-9-7-6-8-16(17)24(18)37/h6-9,12,32H,5,10-11,31H2,1-4H3,(H,40,41,42)(H,43,44,45)(H2,33,34,35,36,39). The minimum Gasteiger partial charge on any atom is -0.461 e. The molecule has 5 rings (SSSR count). The molecule has 1 aromatic heterocycles. The molecule has 0 aliphatic heterocycles. The third-order valence-corrected chi connectivity index (χ3v) is 9.78. The molecule has 0 saturated carbocycles. The van der Waals surface area contributed by atoms with Gasteiger partial charge >= 0.3 is 11.7 Å². The summed E-state index contributed by atoms with van der Waals surface area (Å²) in [5, 5.41) is 5.55. The van der Waals surface area contributed by atoms with Crippen LogP contribution in [0.1, 0.15) is 55.5 Å². The van der Waals surface area contributed by atoms with Gasteiger partial charge < -0.3 is 25.8 Å². The molecular formula is C30H30N6O11S2. The van der Waals surface area contributed by atoms with Crippen molar-refractivity contribution >= 4 is 60.5 Å². The number of carbonyl (C=O) groups excluding carboxylic acids is 2. The minimum atomic E-state index is -5.20. The summed E-state index contributed by atoms with van der Waals surface area (Å²) < 4.78 is 82.0. The van der Waals surface area contributed by atoms with E-state index in [1.807, 2.05) is 0 Å². The first-order valence-corrected chi connectivity index (χ1v) is 17.3. The molecular weight excluding hydrogens is 684 g/mol. The lowest BCUT2D eigenvalue weighted by Gasteiger charge is -2.25. The molecule has 258 valence electrons. The van der Waals surface area contributed by atoms with E-state index >= 15 is 0 Å². The largest absolute Gasteiger partial charge is 0.461 e. The van der Waals surface area contributed by atoms with Gasteiger partial charge in [-0.25, -0.2) is 4.79 Å². The van der Waals surface area contributed by atoms with Gasteiger partial charge in [0.15, 0.2) is 11.6 Å². The van der Waals surface area contributed by atoms with Crippen molar-refractivity contribution in [3.05, 3.63) is 79.8 Å². The number of anilines is 5. The molecule has 0 radical (unpaired) electrons. The van der Waals surface area contributed by atoms with Crippen molar-refractivity contribution in [3.8, 4) is 6.01 Å². The van der Waals surface area contributed by atoms with Crippen LogP contribution in [0, 0.1) is 20.8 Å². The lowest BCUT2D eigenvalue weighted by atomic mass is 9.83. The number of hydrogen-bond donors (Lipinski definition) is 6. The summed E-state index contributed by atoms with van der Waals surface area (Å²) in [5.41, 5.74) is 3.34. The normalized spacial score (nSPS) is 12.8. The monoisotopic (exact) mass is 714 g/mol. The van der Waals surface area contributed by atoms with Crippen molar-refractivity contribution in [2.75, 3.05) is 36.2 Å². The predicted octanol–water partition coefficient (Wildman–Crippen LogP) is 2.84. The maximum absolute atomic E-state index is 13.5. The van der Waals surface area contributed by atoms with Crippen molar-refractivity contribution in [3.63, 3.8) is 0 Å². The topological polar surface area (TPSA) is 270 Å². The fraction of sp³-hybridized carbons (Fsp3) is 0.233. The number of ether oxygens (including phenoxy) is 2. The molecule has 17 nitrogen and oxygen atoms in total. The second-order valence-electron chi connectivity index (χ2n) is 10.8. The molecule has 49 heavy (non-hydrogen) atoms. The highest BCUT2D eigenvalue weighted by Crippen LogP contribution is 2.43. The average molecular weight is 715 g/mol. The Morgan fingerprint density at radius 1 is 0.816 bits per heavy atom. The van der Waals surface area contributed by atoms with Gasteiger partial charge in [0.1, 0.15) is 16.4 Å². The highest BCUT2D eigenvalue weighted by atomic mass is 32.2. The number of rotatable bonds is 11. The zero-order chi connectivity index (χ0) is 36.0. The third-order valence-electron chi connectivity index (χ3n) is 7.70. The molecule has 0 fully saturated rings. The maximum Gasteiger partial charge on any atom is 0.352 e. The fourth-order valence-electron chi connectivity index (χ4n) is 5.67. The number of nitrogen functional groups attached to an aromatic ring is 1. The van der Waals surface area contributed by atoms with Gasteiger partial charge in [0.05, 0.1) is 29.2 Å². The van der Waals surface area contributed by atoms with Crippen LogP contribution < -0.4 is 26.8 Å². The molecule has 7 N–H and O–H groups in total. The second kappa shape index (κ2) is 13.0. The van der Waals surface area contributed by atoms with Crippen LogP contribution >= 0.6 is 0 Å². The molecule has 0 atom stereocenters. The summed E-state index contributed by atoms with van der Waals surface area (Å²) in [7, 11) is -10.2. The Morgan fingerprint density at radius 3 is 2.00 bits per heavy atom. The number of aromatic amines is 1. The summed E-state index contributed by atoms with van der Waals surface area (Å²) in [6.07, 6.45) is 0. The van der Waals surface area contributed by atoms with Gasteiger partial charge in [0.25, 0.3) is 20.2 Å². The Labute approximate surface area is 279 Å². The molecule has 4 aromatic rings. The number of ketones is 2. The number of benzene rings is 3. The Morgan fingerprint density at radius 2 is 1.41 bits per heavy atom. The molecule has 1 aliphatic carbocycles. The van der Waals surface area contributed by atoms with E-state index in [4.69, 9.17) is 15.2 Å². The van der Waals surface area contributed by atoms with Crippen molar-refractivity contribution in [2.45, 2.75) is 37.5 Å². The van der Waals surface area contributed by atoms with E-state index in [-0.39, 0.29) is 69.9 Å². The lowest BCUT2D eigenvalue weighted by molar-refractivity contribution is 0.0979. The van der Waals surface area contributed by atoms with Gasteiger partial charge in [-0.15, -0.1) is 4.98 Å². The van der Waals surface area contributed by atoms with E-state index in [1.165, 1.54) is 45.0 Å². The molecule has 0 amide bonds. The Bertz CT molecular complexity index is 2340. The van der Waals surface area contributed by atoms with Crippen LogP contribution in [0.4, 0.5) is 28.7 Å². The summed E-state index contributed by atoms with van der Waals surface area (Å²) in [4.78, 5) is 47.7. The van der Waals surface area contributed by atoms with Crippen molar-refractivity contribution in [1.29, 1.82) is 0 Å². The molecule has 0 saturated heterocycles. The van der Waals surface area contributed by atoms with Crippen LogP contribution in [-0.4, -0.2) is 72.3 Å². The molecule has 19 heteroatoms. The first-order chi connectivity index (χ1) is 22.9. The number of nitrogens with zero attached hydrogens (tertiary/aromatic N) is 2. The van der Waals surface area contributed by atoms with Gasteiger partial charge in [-0.2, -0.15) is 21.8 Å². The molecule has 0 unspecified atom stereocenters. The lowest BCUT2D eigenvalue weighted by Crippen LogP contribution is -2.24. The van der Waals surface area contributed by atoms with Gasteiger partial charge in [0.2, 0.25) is 5.95 Å². The van der Waals surface area contributed by atoms with E-state index in [1.54, 1.807) is 6.92 Å². The zero-order valence-electron chi connectivity index (χ0n) is 26.4. The smallest absolute Gasteiger partial charge is 0.352 e. The van der Waals surface area contributed by atoms with E-state index in [9.17, 15) is 40.3 Å². The van der Waals surface area contributed by atoms with Crippen LogP contribution in [0.3, 0.4) is 0 Å². The zero-order valence-corrected chi connectivity index (χ0v) is 28.0. The van der Waals surface area contributed by atoms with Crippen LogP contribution in [0.25, 0.3) is 0 Å². The number of nitrogens with two attached hydrogens (primary N) is 1. The summed E-state index contributed by atoms with van der Waals surface area (Å²) in [6, 6.07) is 6.52. The number of H-pyrrole nitrogens is 1. The molecule has 3 aromatic carbocycles. The van der Waals surface area contributed by atoms with Gasteiger partial charge in [0, 0.05) is 29.0 Å². The van der Waals surface area contributed by atoms with E-state index in [2.05, 4.69) is 25.6 Å². The first-order valence-electron chi connectivity index (χ1n) is 14.4. The summed E-state index contributed by atoms with van der Waals surface area (Å²) in [6.45, 7) is 6.56. The third kappa shape index (κ3) is 6.61. The Kier molecular flexibility index (Phi) is 9.32. The SMILES string of the molecule is CCOCCOc1nc(Nc2c(C)c(Nc3cc4c(c(N)c3S(=O)(=O)O)C(=O)c3ccccc3C4=O)c(C)c(S(=O)(=O)O)c2C)[nH]c(=O)n1. The number of nitrogens with one attached hydrogen (secondary N) is 3. The number of carbonyl (C=O) groups is 2. The second-order valence-corrected chi connectivity index (χ2v) is 13.5. The van der Waals surface area contributed by atoms with E-state index < -0.39 is 64.2 Å². The van der Waals surface area contributed by atoms with E-state index in [0.29, 0.717) is 6.61 Å². The van der Waals surface area contributed by atoms with Crippen LogP contribution in [0.5, 0.6) is 6.01 Å².